The number of thioether (sulfide) groups is 1. The number of carbonyl (C=O) groups excluding carboxylic acids is 1. The smallest absolute Gasteiger partial charge is 0.259 e. The molecule has 2 aromatic rings. The van der Waals surface area contributed by atoms with Crippen LogP contribution in [0, 0.1) is 17.8 Å². The Morgan fingerprint density at radius 2 is 1.83 bits per heavy atom. The molecule has 0 spiro atoms. The number of nitrogens with one attached hydrogen (secondary N) is 2. The standard InChI is InChI=1S/C23H29N3O2S2/c27-19(26-23-8-13-5-14(9-23)7-15(6-13)10-23)12-29-11-18-24-21(28)20-16-3-1-2-4-17(16)30-22(20)25-18/h13-15H,1-12H2,(H,26,27)(H,24,25,28). The lowest BCUT2D eigenvalue weighted by Crippen LogP contribution is -2.60. The number of H-pyrrole nitrogens is 1. The Labute approximate surface area is 184 Å². The molecule has 5 nitrogen and oxygen atoms in total. The second-order valence-electron chi connectivity index (χ2n) is 10.1. The monoisotopic (exact) mass is 443 g/mol. The summed E-state index contributed by atoms with van der Waals surface area (Å²) in [5, 5.41) is 4.24. The number of hydrogen-bond acceptors (Lipinski definition) is 5. The van der Waals surface area contributed by atoms with Crippen molar-refractivity contribution < 1.29 is 4.79 Å². The van der Waals surface area contributed by atoms with E-state index in [9.17, 15) is 9.59 Å². The number of nitrogens with zero attached hydrogens (tertiary/aromatic N) is 1. The van der Waals surface area contributed by atoms with Crippen LogP contribution in [0.3, 0.4) is 0 Å². The van der Waals surface area contributed by atoms with Gasteiger partial charge in [-0.15, -0.1) is 23.1 Å². The van der Waals surface area contributed by atoms with Crippen molar-refractivity contribution in [3.63, 3.8) is 0 Å². The predicted octanol–water partition coefficient (Wildman–Crippen LogP) is 4.18. The highest BCUT2D eigenvalue weighted by atomic mass is 32.2. The van der Waals surface area contributed by atoms with Crippen LogP contribution >= 0.6 is 23.1 Å². The molecular weight excluding hydrogens is 414 g/mol. The van der Waals surface area contributed by atoms with Crippen molar-refractivity contribution in [2.75, 3.05) is 5.75 Å². The molecule has 1 amide bonds. The molecule has 2 aromatic heterocycles. The van der Waals surface area contributed by atoms with Gasteiger partial charge in [-0.2, -0.15) is 0 Å². The van der Waals surface area contributed by atoms with Crippen LogP contribution in [0.4, 0.5) is 0 Å². The summed E-state index contributed by atoms with van der Waals surface area (Å²) in [6, 6.07) is 0. The quantitative estimate of drug-likeness (QED) is 0.727. The summed E-state index contributed by atoms with van der Waals surface area (Å²) in [6.07, 6.45) is 12.2. The zero-order valence-corrected chi connectivity index (χ0v) is 18.9. The van der Waals surface area contributed by atoms with Crippen LogP contribution in [0.15, 0.2) is 4.79 Å². The number of rotatable bonds is 5. The van der Waals surface area contributed by atoms with Crippen molar-refractivity contribution in [2.24, 2.45) is 17.8 Å². The van der Waals surface area contributed by atoms with Crippen molar-refractivity contribution in [3.05, 3.63) is 26.6 Å². The number of aromatic nitrogens is 2. The summed E-state index contributed by atoms with van der Waals surface area (Å²) < 4.78 is 0. The van der Waals surface area contributed by atoms with Gasteiger partial charge in [0.2, 0.25) is 5.91 Å². The van der Waals surface area contributed by atoms with Gasteiger partial charge in [0, 0.05) is 10.4 Å². The van der Waals surface area contributed by atoms with E-state index < -0.39 is 0 Å². The predicted molar refractivity (Wildman–Crippen MR) is 122 cm³/mol. The van der Waals surface area contributed by atoms with Crippen LogP contribution in [0.2, 0.25) is 0 Å². The fraction of sp³-hybridized carbons (Fsp3) is 0.696. The fourth-order valence-electron chi connectivity index (χ4n) is 7.11. The minimum Gasteiger partial charge on any atom is -0.350 e. The van der Waals surface area contributed by atoms with E-state index in [4.69, 9.17) is 4.98 Å². The Balaban J connectivity index is 1.09. The lowest BCUT2D eigenvalue weighted by atomic mass is 9.53. The molecule has 5 aliphatic rings. The average molecular weight is 444 g/mol. The third kappa shape index (κ3) is 3.42. The van der Waals surface area contributed by atoms with Gasteiger partial charge in [0.25, 0.3) is 5.56 Å². The Hall–Kier alpha value is -1.34. The maximum atomic E-state index is 12.7. The van der Waals surface area contributed by atoms with Gasteiger partial charge in [0.05, 0.1) is 16.9 Å². The lowest BCUT2D eigenvalue weighted by molar-refractivity contribution is -0.124. The van der Waals surface area contributed by atoms with E-state index in [0.29, 0.717) is 17.3 Å². The number of aryl methyl sites for hydroxylation is 2. The van der Waals surface area contributed by atoms with Crippen molar-refractivity contribution in [2.45, 2.75) is 75.5 Å². The second kappa shape index (κ2) is 7.37. The molecule has 4 fully saturated rings. The molecule has 4 bridgehead atoms. The van der Waals surface area contributed by atoms with Crippen LogP contribution in [-0.2, 0) is 23.4 Å². The summed E-state index contributed by atoms with van der Waals surface area (Å²) in [6.45, 7) is 0. The molecule has 5 aliphatic carbocycles. The van der Waals surface area contributed by atoms with E-state index in [2.05, 4.69) is 10.3 Å². The van der Waals surface area contributed by atoms with E-state index >= 15 is 0 Å². The largest absolute Gasteiger partial charge is 0.350 e. The molecule has 0 saturated heterocycles. The van der Waals surface area contributed by atoms with Gasteiger partial charge in [-0.25, -0.2) is 4.98 Å². The first kappa shape index (κ1) is 19.4. The summed E-state index contributed by atoms with van der Waals surface area (Å²) in [7, 11) is 0. The SMILES string of the molecule is O=C(CSCc1nc2sc3c(c2c(=O)[nH]1)CCCC3)NC12CC3CC(CC(C3)C1)C2. The van der Waals surface area contributed by atoms with Crippen LogP contribution in [0.25, 0.3) is 10.2 Å². The number of fused-ring (bicyclic) bond motifs is 3. The van der Waals surface area contributed by atoms with E-state index in [-0.39, 0.29) is 17.0 Å². The minimum absolute atomic E-state index is 0.00646. The molecule has 7 rings (SSSR count). The molecule has 0 radical (unpaired) electrons. The summed E-state index contributed by atoms with van der Waals surface area (Å²) in [5.74, 6) is 4.35. The van der Waals surface area contributed by atoms with E-state index in [1.54, 1.807) is 23.1 Å². The lowest BCUT2D eigenvalue weighted by Gasteiger charge is -2.56. The van der Waals surface area contributed by atoms with Gasteiger partial charge >= 0.3 is 0 Å². The molecule has 0 unspecified atom stereocenters. The van der Waals surface area contributed by atoms with E-state index in [0.717, 1.165) is 47.2 Å². The number of thiophene rings is 1. The number of hydrogen-bond donors (Lipinski definition) is 2. The van der Waals surface area contributed by atoms with Crippen LogP contribution in [-0.4, -0.2) is 27.2 Å². The van der Waals surface area contributed by atoms with Gasteiger partial charge in [-0.1, -0.05) is 0 Å². The summed E-state index contributed by atoms with van der Waals surface area (Å²) in [5.41, 5.74) is 1.30. The Morgan fingerprint density at radius 1 is 1.13 bits per heavy atom. The third-order valence-electron chi connectivity index (χ3n) is 7.79. The summed E-state index contributed by atoms with van der Waals surface area (Å²) in [4.78, 5) is 35.3. The first-order valence-electron chi connectivity index (χ1n) is 11.5. The second-order valence-corrected chi connectivity index (χ2v) is 12.2. The van der Waals surface area contributed by atoms with Crippen LogP contribution < -0.4 is 10.9 Å². The van der Waals surface area contributed by atoms with Crippen LogP contribution in [0.5, 0.6) is 0 Å². The number of carbonyl (C=O) groups is 1. The molecule has 30 heavy (non-hydrogen) atoms. The van der Waals surface area contributed by atoms with Gasteiger partial charge in [-0.3, -0.25) is 9.59 Å². The molecule has 2 N–H and O–H groups in total. The molecule has 0 atom stereocenters. The average Bonchev–Trinajstić information content (AvgIpc) is 3.05. The van der Waals surface area contributed by atoms with E-state index in [1.807, 2.05) is 0 Å². The highest BCUT2D eigenvalue weighted by Crippen LogP contribution is 2.55. The van der Waals surface area contributed by atoms with Gasteiger partial charge in [0.1, 0.15) is 10.7 Å². The first-order valence-corrected chi connectivity index (χ1v) is 13.5. The van der Waals surface area contributed by atoms with Crippen molar-refractivity contribution >= 4 is 39.2 Å². The maximum absolute atomic E-state index is 12.7. The minimum atomic E-state index is -0.00646. The van der Waals surface area contributed by atoms with Crippen molar-refractivity contribution in [3.8, 4) is 0 Å². The zero-order valence-electron chi connectivity index (χ0n) is 17.3. The summed E-state index contributed by atoms with van der Waals surface area (Å²) >= 11 is 3.24. The van der Waals surface area contributed by atoms with Crippen LogP contribution in [0.1, 0.15) is 67.6 Å². The molecule has 4 saturated carbocycles. The van der Waals surface area contributed by atoms with Gasteiger partial charge in [-0.05, 0) is 87.5 Å². The normalized spacial score (nSPS) is 31.8. The molecule has 160 valence electrons. The van der Waals surface area contributed by atoms with E-state index in [1.165, 1.54) is 55.4 Å². The third-order valence-corrected chi connectivity index (χ3v) is 9.92. The number of amides is 1. The van der Waals surface area contributed by atoms with Gasteiger partial charge in [0.15, 0.2) is 0 Å². The highest BCUT2D eigenvalue weighted by molar-refractivity contribution is 7.99. The van der Waals surface area contributed by atoms with Crippen molar-refractivity contribution in [1.82, 2.24) is 15.3 Å². The van der Waals surface area contributed by atoms with Gasteiger partial charge < -0.3 is 10.3 Å². The molecule has 0 aromatic carbocycles. The van der Waals surface area contributed by atoms with Crippen molar-refractivity contribution in [1.29, 1.82) is 0 Å². The Kier molecular flexibility index (Phi) is 4.75. The first-order chi connectivity index (χ1) is 14.6. The maximum Gasteiger partial charge on any atom is 0.259 e. The molecule has 7 heteroatoms. The molecule has 0 aliphatic heterocycles. The topological polar surface area (TPSA) is 74.8 Å². The zero-order chi connectivity index (χ0) is 20.3. The molecule has 2 heterocycles. The highest BCUT2D eigenvalue weighted by Gasteiger charge is 2.51. The Bertz CT molecular complexity index is 1020. The molecular formula is C23H29N3O2S2. The fourth-order valence-corrected chi connectivity index (χ4v) is 9.08. The Morgan fingerprint density at radius 3 is 2.57 bits per heavy atom. The number of aromatic amines is 1.